The first-order valence-corrected chi connectivity index (χ1v) is 5.31. The third-order valence-electron chi connectivity index (χ3n) is 2.87. The van der Waals surface area contributed by atoms with Crippen LogP contribution < -0.4 is 0 Å². The first-order valence-electron chi connectivity index (χ1n) is 5.31. The van der Waals surface area contributed by atoms with Gasteiger partial charge in [-0.25, -0.2) is 0 Å². The van der Waals surface area contributed by atoms with Gasteiger partial charge in [0.1, 0.15) is 24.4 Å². The van der Waals surface area contributed by atoms with E-state index in [2.05, 4.69) is 0 Å². The summed E-state index contributed by atoms with van der Waals surface area (Å²) in [5.74, 6) is -0.707. The molecule has 2 rings (SSSR count). The van der Waals surface area contributed by atoms with Gasteiger partial charge in [0.25, 0.3) is 0 Å². The third kappa shape index (κ3) is 1.97. The SMILES string of the molecule is COC1C(C(O)CO)O[C@@H]2OC(C)(C)O[C@H]12. The van der Waals surface area contributed by atoms with Gasteiger partial charge in [-0.3, -0.25) is 0 Å². The maximum Gasteiger partial charge on any atom is 0.190 e. The molecule has 0 saturated carbocycles. The second kappa shape index (κ2) is 4.21. The van der Waals surface area contributed by atoms with Crippen molar-refractivity contribution in [2.75, 3.05) is 13.7 Å². The third-order valence-corrected chi connectivity index (χ3v) is 2.87. The van der Waals surface area contributed by atoms with E-state index in [1.54, 1.807) is 13.8 Å². The number of methoxy groups -OCH3 is 1. The minimum atomic E-state index is -0.995. The molecule has 2 fully saturated rings. The number of fused-ring (bicyclic) bond motifs is 1. The van der Waals surface area contributed by atoms with Crippen molar-refractivity contribution in [3.05, 3.63) is 0 Å². The molecule has 16 heavy (non-hydrogen) atoms. The Bertz CT molecular complexity index is 256. The maximum absolute atomic E-state index is 9.58. The van der Waals surface area contributed by atoms with Crippen molar-refractivity contribution >= 4 is 0 Å². The molecule has 6 heteroatoms. The zero-order valence-electron chi connectivity index (χ0n) is 9.62. The molecule has 5 atom stereocenters. The number of aliphatic hydroxyl groups excluding tert-OH is 2. The van der Waals surface area contributed by atoms with Gasteiger partial charge in [0.15, 0.2) is 12.1 Å². The van der Waals surface area contributed by atoms with Gasteiger partial charge in [-0.1, -0.05) is 0 Å². The summed E-state index contributed by atoms with van der Waals surface area (Å²) in [5.41, 5.74) is 0. The molecular weight excluding hydrogens is 216 g/mol. The lowest BCUT2D eigenvalue weighted by Gasteiger charge is -2.26. The van der Waals surface area contributed by atoms with Crippen LogP contribution >= 0.6 is 0 Å². The van der Waals surface area contributed by atoms with Gasteiger partial charge in [-0.2, -0.15) is 0 Å². The Labute approximate surface area is 94.1 Å². The Hall–Kier alpha value is -0.240. The lowest BCUT2D eigenvalue weighted by Crippen LogP contribution is -2.43. The average Bonchev–Trinajstić information content (AvgIpc) is 2.68. The molecule has 0 aromatic rings. The zero-order valence-corrected chi connectivity index (χ0v) is 9.62. The molecule has 0 amide bonds. The summed E-state index contributed by atoms with van der Waals surface area (Å²) in [4.78, 5) is 0. The topological polar surface area (TPSA) is 77.4 Å². The number of rotatable bonds is 3. The van der Waals surface area contributed by atoms with E-state index in [0.717, 1.165) is 0 Å². The Morgan fingerprint density at radius 2 is 2.06 bits per heavy atom. The summed E-state index contributed by atoms with van der Waals surface area (Å²) >= 11 is 0. The summed E-state index contributed by atoms with van der Waals surface area (Å²) in [6, 6.07) is 0. The fourth-order valence-corrected chi connectivity index (χ4v) is 2.19. The van der Waals surface area contributed by atoms with E-state index in [9.17, 15) is 5.11 Å². The second-order valence-corrected chi connectivity index (χ2v) is 4.52. The fraction of sp³-hybridized carbons (Fsp3) is 1.00. The molecule has 2 N–H and O–H groups in total. The highest BCUT2D eigenvalue weighted by Gasteiger charge is 2.56. The van der Waals surface area contributed by atoms with Gasteiger partial charge >= 0.3 is 0 Å². The first kappa shape index (κ1) is 12.2. The van der Waals surface area contributed by atoms with Crippen LogP contribution in [0.1, 0.15) is 13.8 Å². The second-order valence-electron chi connectivity index (χ2n) is 4.52. The molecule has 2 aliphatic heterocycles. The lowest BCUT2D eigenvalue weighted by atomic mass is 10.1. The Morgan fingerprint density at radius 1 is 1.38 bits per heavy atom. The largest absolute Gasteiger partial charge is 0.394 e. The molecule has 0 bridgehead atoms. The number of aliphatic hydroxyl groups is 2. The number of hydrogen-bond donors (Lipinski definition) is 2. The highest BCUT2D eigenvalue weighted by molar-refractivity contribution is 4.96. The van der Waals surface area contributed by atoms with E-state index < -0.39 is 30.4 Å². The van der Waals surface area contributed by atoms with Gasteiger partial charge in [-0.15, -0.1) is 0 Å². The van der Waals surface area contributed by atoms with E-state index in [1.807, 2.05) is 0 Å². The molecule has 0 aromatic carbocycles. The molecule has 0 aliphatic carbocycles. The highest BCUT2D eigenvalue weighted by Crippen LogP contribution is 2.39. The van der Waals surface area contributed by atoms with Crippen LogP contribution in [0.2, 0.25) is 0 Å². The van der Waals surface area contributed by atoms with Gasteiger partial charge in [0.05, 0.1) is 6.61 Å². The number of ether oxygens (including phenoxy) is 4. The molecule has 94 valence electrons. The fourth-order valence-electron chi connectivity index (χ4n) is 2.19. The quantitative estimate of drug-likeness (QED) is 0.668. The Balaban J connectivity index is 2.09. The van der Waals surface area contributed by atoms with Gasteiger partial charge < -0.3 is 29.2 Å². The maximum atomic E-state index is 9.58. The Kier molecular flexibility index (Phi) is 3.22. The van der Waals surface area contributed by atoms with E-state index in [0.29, 0.717) is 0 Å². The number of hydrogen-bond acceptors (Lipinski definition) is 6. The monoisotopic (exact) mass is 234 g/mol. The summed E-state index contributed by atoms with van der Waals surface area (Å²) < 4.78 is 21.9. The van der Waals surface area contributed by atoms with Gasteiger partial charge in [0.2, 0.25) is 0 Å². The van der Waals surface area contributed by atoms with Gasteiger partial charge in [-0.05, 0) is 13.8 Å². The van der Waals surface area contributed by atoms with Crippen molar-refractivity contribution in [3.63, 3.8) is 0 Å². The van der Waals surface area contributed by atoms with Crippen LogP contribution in [-0.2, 0) is 18.9 Å². The van der Waals surface area contributed by atoms with Crippen LogP contribution in [0.4, 0.5) is 0 Å². The van der Waals surface area contributed by atoms with Crippen LogP contribution in [-0.4, -0.2) is 60.4 Å². The van der Waals surface area contributed by atoms with Crippen molar-refractivity contribution in [3.8, 4) is 0 Å². The normalized spacial score (nSPS) is 43.3. The van der Waals surface area contributed by atoms with Crippen LogP contribution in [0.3, 0.4) is 0 Å². The summed E-state index contributed by atoms with van der Waals surface area (Å²) in [6.45, 7) is 3.20. The van der Waals surface area contributed by atoms with E-state index in [-0.39, 0.29) is 12.7 Å². The molecule has 0 radical (unpaired) electrons. The van der Waals surface area contributed by atoms with Crippen LogP contribution in [0, 0.1) is 0 Å². The summed E-state index contributed by atoms with van der Waals surface area (Å²) in [6.07, 6.45) is -2.97. The molecule has 2 aliphatic rings. The van der Waals surface area contributed by atoms with Crippen molar-refractivity contribution in [1.82, 2.24) is 0 Å². The summed E-state index contributed by atoms with van der Waals surface area (Å²) in [5, 5.41) is 18.5. The summed E-state index contributed by atoms with van der Waals surface area (Å²) in [7, 11) is 1.52. The molecule has 2 heterocycles. The minimum Gasteiger partial charge on any atom is -0.394 e. The smallest absolute Gasteiger partial charge is 0.190 e. The Morgan fingerprint density at radius 3 is 2.62 bits per heavy atom. The lowest BCUT2D eigenvalue weighted by molar-refractivity contribution is -0.229. The molecule has 2 saturated heterocycles. The van der Waals surface area contributed by atoms with E-state index >= 15 is 0 Å². The van der Waals surface area contributed by atoms with Crippen LogP contribution in [0.25, 0.3) is 0 Å². The molecule has 6 nitrogen and oxygen atoms in total. The zero-order chi connectivity index (χ0) is 11.9. The standard InChI is InChI=1S/C10H18O6/c1-10(2)15-8-7(13-3)6(5(12)4-11)14-9(8)16-10/h5-9,11-12H,4H2,1-3H3/t5?,6?,7?,8-,9-/m1/s1. The predicted octanol–water partition coefficient (Wildman–Crippen LogP) is -0.769. The van der Waals surface area contributed by atoms with Crippen molar-refractivity contribution in [2.24, 2.45) is 0 Å². The van der Waals surface area contributed by atoms with Crippen LogP contribution in [0.5, 0.6) is 0 Å². The van der Waals surface area contributed by atoms with Gasteiger partial charge in [0, 0.05) is 7.11 Å². The van der Waals surface area contributed by atoms with Crippen molar-refractivity contribution in [2.45, 2.75) is 50.3 Å². The van der Waals surface area contributed by atoms with Crippen molar-refractivity contribution < 1.29 is 29.2 Å². The van der Waals surface area contributed by atoms with Crippen LogP contribution in [0.15, 0.2) is 0 Å². The average molecular weight is 234 g/mol. The van der Waals surface area contributed by atoms with E-state index in [1.165, 1.54) is 7.11 Å². The molecule has 0 aromatic heterocycles. The molecule has 3 unspecified atom stereocenters. The van der Waals surface area contributed by atoms with E-state index in [4.69, 9.17) is 24.1 Å². The predicted molar refractivity (Wildman–Crippen MR) is 52.6 cm³/mol. The minimum absolute atomic E-state index is 0.369. The highest BCUT2D eigenvalue weighted by atomic mass is 16.8. The first-order chi connectivity index (χ1) is 7.48. The van der Waals surface area contributed by atoms with Crippen molar-refractivity contribution in [1.29, 1.82) is 0 Å². The molecule has 0 spiro atoms. The molecular formula is C10H18O6.